The Hall–Kier alpha value is -0.340. The summed E-state index contributed by atoms with van der Waals surface area (Å²) in [5.41, 5.74) is 1.86. The zero-order valence-electron chi connectivity index (χ0n) is 24.1. The lowest BCUT2D eigenvalue weighted by Gasteiger charge is -2.60. The zero-order valence-corrected chi connectivity index (χ0v) is 24.1. The second kappa shape index (κ2) is 8.59. The Morgan fingerprint density at radius 2 is 1.54 bits per heavy atom. The van der Waals surface area contributed by atoms with E-state index in [9.17, 15) is 10.2 Å². The molecule has 5 aliphatic carbocycles. The third-order valence-electron chi connectivity index (χ3n) is 13.1. The fourth-order valence-corrected chi connectivity index (χ4v) is 10.5. The summed E-state index contributed by atoms with van der Waals surface area (Å²) < 4.78 is 0. The predicted molar refractivity (Wildman–Crippen MR) is 146 cm³/mol. The minimum absolute atomic E-state index is 0.308. The van der Waals surface area contributed by atoms with E-state index in [1.165, 1.54) is 51.4 Å². The molecule has 0 spiro atoms. The van der Waals surface area contributed by atoms with Crippen LogP contribution in [0, 0.1) is 51.8 Å². The number of aliphatic hydroxyl groups is 2. The summed E-state index contributed by atoms with van der Waals surface area (Å²) in [4.78, 5) is 0. The van der Waals surface area contributed by atoms with Crippen molar-refractivity contribution in [2.24, 2.45) is 51.8 Å². The van der Waals surface area contributed by atoms with Gasteiger partial charge < -0.3 is 10.2 Å². The van der Waals surface area contributed by atoms with Crippen molar-refractivity contribution in [3.05, 3.63) is 11.6 Å². The highest BCUT2D eigenvalue weighted by Gasteiger charge is 2.61. The molecule has 0 radical (unpaired) electrons. The van der Waals surface area contributed by atoms with E-state index in [1.54, 1.807) is 5.57 Å². The molecule has 2 N–H and O–H groups in total. The molecule has 0 aliphatic heterocycles. The highest BCUT2D eigenvalue weighted by Crippen LogP contribution is 2.68. The van der Waals surface area contributed by atoms with E-state index in [-0.39, 0.29) is 0 Å². The maximum atomic E-state index is 11.3. The lowest BCUT2D eigenvalue weighted by atomic mass is 9.44. The zero-order chi connectivity index (χ0) is 25.4. The molecule has 9 atom stereocenters. The van der Waals surface area contributed by atoms with Crippen LogP contribution in [-0.4, -0.2) is 21.4 Å². The van der Waals surface area contributed by atoms with Crippen molar-refractivity contribution < 1.29 is 10.2 Å². The van der Waals surface area contributed by atoms with Crippen LogP contribution >= 0.6 is 0 Å². The van der Waals surface area contributed by atoms with Gasteiger partial charge in [-0.1, -0.05) is 53.2 Å². The fourth-order valence-electron chi connectivity index (χ4n) is 10.5. The smallest absolute Gasteiger partial charge is 0.0657 e. The Bertz CT molecular complexity index is 828. The van der Waals surface area contributed by atoms with E-state index in [4.69, 9.17) is 0 Å². The number of hydrogen-bond donors (Lipinski definition) is 2. The fraction of sp³-hybridized carbons (Fsp3) is 0.939. The second-order valence-corrected chi connectivity index (χ2v) is 16.1. The summed E-state index contributed by atoms with van der Waals surface area (Å²) in [6.07, 6.45) is 17.7. The van der Waals surface area contributed by atoms with Crippen LogP contribution in [0.25, 0.3) is 0 Å². The first-order valence-electron chi connectivity index (χ1n) is 15.3. The van der Waals surface area contributed by atoms with Gasteiger partial charge in [0.1, 0.15) is 0 Å². The van der Waals surface area contributed by atoms with Gasteiger partial charge in [-0.15, -0.1) is 0 Å². The number of hydrogen-bond acceptors (Lipinski definition) is 2. The first-order chi connectivity index (χ1) is 16.2. The second-order valence-electron chi connectivity index (χ2n) is 16.1. The van der Waals surface area contributed by atoms with Crippen molar-refractivity contribution in [3.8, 4) is 0 Å². The van der Waals surface area contributed by atoms with Crippen LogP contribution in [0.1, 0.15) is 132 Å². The largest absolute Gasteiger partial charge is 0.390 e. The third kappa shape index (κ3) is 4.49. The Balaban J connectivity index is 1.29. The average molecular weight is 485 g/mol. The lowest BCUT2D eigenvalue weighted by Crippen LogP contribution is -2.54. The van der Waals surface area contributed by atoms with Gasteiger partial charge in [0.15, 0.2) is 0 Å². The first kappa shape index (κ1) is 26.3. The minimum atomic E-state index is -0.507. The molecule has 0 aromatic heterocycles. The van der Waals surface area contributed by atoms with Gasteiger partial charge in [0.05, 0.1) is 11.2 Å². The van der Waals surface area contributed by atoms with Crippen molar-refractivity contribution in [1.82, 2.24) is 0 Å². The van der Waals surface area contributed by atoms with Crippen LogP contribution in [0.2, 0.25) is 0 Å². The van der Waals surface area contributed by atoms with Crippen LogP contribution in [0.4, 0.5) is 0 Å². The van der Waals surface area contributed by atoms with E-state index < -0.39 is 11.2 Å². The molecule has 0 heterocycles. The molecular weight excluding hydrogens is 428 g/mol. The molecule has 0 bridgehead atoms. The molecule has 4 saturated carbocycles. The van der Waals surface area contributed by atoms with E-state index >= 15 is 0 Å². The van der Waals surface area contributed by atoms with Gasteiger partial charge in [0.2, 0.25) is 0 Å². The lowest BCUT2D eigenvalue weighted by molar-refractivity contribution is -0.0859. The molecule has 0 aromatic rings. The van der Waals surface area contributed by atoms with Gasteiger partial charge in [-0.05, 0) is 142 Å². The molecule has 2 heteroatoms. The molecule has 0 saturated heterocycles. The maximum absolute atomic E-state index is 11.3. The first-order valence-corrected chi connectivity index (χ1v) is 15.3. The maximum Gasteiger partial charge on any atom is 0.0657 e. The van der Waals surface area contributed by atoms with Crippen molar-refractivity contribution >= 4 is 0 Å². The van der Waals surface area contributed by atoms with Gasteiger partial charge in [-0.3, -0.25) is 0 Å². The minimum Gasteiger partial charge on any atom is -0.390 e. The van der Waals surface area contributed by atoms with Crippen molar-refractivity contribution in [2.75, 3.05) is 0 Å². The van der Waals surface area contributed by atoms with E-state index in [0.29, 0.717) is 28.1 Å². The van der Waals surface area contributed by atoms with Crippen molar-refractivity contribution in [3.63, 3.8) is 0 Å². The quantitative estimate of drug-likeness (QED) is 0.394. The molecule has 0 unspecified atom stereocenters. The average Bonchev–Trinajstić information content (AvgIpc) is 3.13. The molecule has 0 aromatic carbocycles. The molecule has 200 valence electrons. The van der Waals surface area contributed by atoms with Crippen molar-refractivity contribution in [2.45, 2.75) is 143 Å². The van der Waals surface area contributed by atoms with Crippen LogP contribution in [0.15, 0.2) is 11.6 Å². The van der Waals surface area contributed by atoms with Crippen LogP contribution in [-0.2, 0) is 0 Å². The summed E-state index contributed by atoms with van der Waals surface area (Å²) in [5.74, 6) is 4.63. The number of rotatable bonds is 4. The summed E-state index contributed by atoms with van der Waals surface area (Å²) in [7, 11) is 0. The highest BCUT2D eigenvalue weighted by molar-refractivity contribution is 5.28. The number of allylic oxidation sites excluding steroid dienone is 1. The summed E-state index contributed by atoms with van der Waals surface area (Å²) in [5, 5.41) is 22.2. The summed E-state index contributed by atoms with van der Waals surface area (Å²) in [6.45, 7) is 17.0. The monoisotopic (exact) mass is 484 g/mol. The van der Waals surface area contributed by atoms with Gasteiger partial charge >= 0.3 is 0 Å². The Morgan fingerprint density at radius 1 is 0.857 bits per heavy atom. The molecule has 0 amide bonds. The van der Waals surface area contributed by atoms with Crippen molar-refractivity contribution in [1.29, 1.82) is 0 Å². The van der Waals surface area contributed by atoms with Crippen LogP contribution in [0.5, 0.6) is 0 Å². The number of fused-ring (bicyclic) bond motifs is 5. The van der Waals surface area contributed by atoms with Crippen LogP contribution in [0.3, 0.4) is 0 Å². The van der Waals surface area contributed by atoms with Gasteiger partial charge in [-0.25, -0.2) is 0 Å². The van der Waals surface area contributed by atoms with Gasteiger partial charge in [0, 0.05) is 0 Å². The highest BCUT2D eigenvalue weighted by atomic mass is 16.3. The van der Waals surface area contributed by atoms with E-state index in [2.05, 4.69) is 54.5 Å². The molecule has 35 heavy (non-hydrogen) atoms. The summed E-state index contributed by atoms with van der Waals surface area (Å²) in [6, 6.07) is 0. The standard InChI is InChI=1S/C33H56O2/c1-22(10-13-33(35)18-14-29(3,4)15-19-33)25-8-9-26-28-23(2)20-24-21-30(5,34)16-17-31(24,6)27(28)11-12-32(25,26)7/h20,22-23,25-28,34-35H,8-19,21H2,1-7H3/t22-,23+,25-,26+,27+,28+,30+,31+,32-/m1/s1. The Kier molecular flexibility index (Phi) is 6.45. The molecule has 5 aliphatic rings. The van der Waals surface area contributed by atoms with Crippen LogP contribution < -0.4 is 0 Å². The van der Waals surface area contributed by atoms with E-state index in [0.717, 1.165) is 55.8 Å². The Labute approximate surface area is 216 Å². The normalized spacial score (nSPS) is 49.4. The predicted octanol–water partition coefficient (Wildman–Crippen LogP) is 8.31. The molecule has 2 nitrogen and oxygen atoms in total. The topological polar surface area (TPSA) is 40.5 Å². The third-order valence-corrected chi connectivity index (χ3v) is 13.1. The van der Waals surface area contributed by atoms with E-state index in [1.807, 2.05) is 0 Å². The SMILES string of the molecule is C[C@H](CCC1(O)CCC(C)(C)CC1)[C@H]1CC[C@H]2[C@@H]3[C@@H](C)C=C4C[C@@](C)(O)CC[C@]4(C)[C@H]3CC[C@]12C. The molecule has 4 fully saturated rings. The Morgan fingerprint density at radius 3 is 2.23 bits per heavy atom. The molecular formula is C33H56O2. The van der Waals surface area contributed by atoms with Gasteiger partial charge in [-0.2, -0.15) is 0 Å². The van der Waals surface area contributed by atoms with Gasteiger partial charge in [0.25, 0.3) is 0 Å². The summed E-state index contributed by atoms with van der Waals surface area (Å²) >= 11 is 0. The molecule has 5 rings (SSSR count).